The van der Waals surface area contributed by atoms with E-state index in [1.165, 1.54) is 327 Å². The van der Waals surface area contributed by atoms with Crippen LogP contribution in [0.3, 0.4) is 0 Å². The summed E-state index contributed by atoms with van der Waals surface area (Å²) < 4.78 is 5.49. The molecule has 0 aromatic rings. The molecule has 6 nitrogen and oxygen atoms in total. The number of carbonyl (C=O) groups excluding carboxylic acids is 2. The molecule has 0 saturated carbocycles. The van der Waals surface area contributed by atoms with Gasteiger partial charge in [0.25, 0.3) is 0 Å². The van der Waals surface area contributed by atoms with Crippen LogP contribution in [0, 0.1) is 0 Å². The van der Waals surface area contributed by atoms with E-state index in [0.717, 1.165) is 38.5 Å². The van der Waals surface area contributed by atoms with Crippen LogP contribution in [-0.2, 0) is 14.3 Å². The molecule has 0 spiro atoms. The minimum atomic E-state index is -0.669. The minimum absolute atomic E-state index is 0.0135. The van der Waals surface area contributed by atoms with Crippen molar-refractivity contribution in [1.29, 1.82) is 0 Å². The molecule has 6 heteroatoms. The smallest absolute Gasteiger partial charge is 0.305 e. The van der Waals surface area contributed by atoms with Crippen LogP contribution in [0.25, 0.3) is 0 Å². The average Bonchev–Trinajstić information content (AvgIpc) is 3.42. The fourth-order valence-electron chi connectivity index (χ4n) is 11.2. The highest BCUT2D eigenvalue weighted by Gasteiger charge is 2.20. The molecule has 0 heterocycles. The third-order valence-electron chi connectivity index (χ3n) is 16.6. The highest BCUT2D eigenvalue weighted by atomic mass is 16.5. The molecule has 2 unspecified atom stereocenters. The summed E-state index contributed by atoms with van der Waals surface area (Å²) in [5, 5.41) is 23.4. The predicted molar refractivity (Wildman–Crippen MR) is 333 cm³/mol. The molecule has 0 rings (SSSR count). The van der Waals surface area contributed by atoms with Gasteiger partial charge < -0.3 is 20.3 Å². The van der Waals surface area contributed by atoms with Gasteiger partial charge in [-0.3, -0.25) is 9.59 Å². The van der Waals surface area contributed by atoms with Crippen LogP contribution in [0.1, 0.15) is 399 Å². The molecular formula is C70H137NO5. The molecule has 0 radical (unpaired) electrons. The number of esters is 1. The Bertz CT molecular complexity index is 1140. The van der Waals surface area contributed by atoms with E-state index in [-0.39, 0.29) is 18.5 Å². The molecule has 0 aliphatic carbocycles. The number of hydrogen-bond donors (Lipinski definition) is 3. The lowest BCUT2D eigenvalue weighted by Crippen LogP contribution is -2.45. The maximum absolute atomic E-state index is 12.5. The lowest BCUT2D eigenvalue weighted by Gasteiger charge is -2.22. The quantitative estimate of drug-likeness (QED) is 0.0320. The number of allylic oxidation sites excluding steroid dienone is 2. The van der Waals surface area contributed by atoms with Crippen LogP contribution in [0.2, 0.25) is 0 Å². The van der Waals surface area contributed by atoms with Crippen molar-refractivity contribution in [2.45, 2.75) is 411 Å². The van der Waals surface area contributed by atoms with Crippen molar-refractivity contribution < 1.29 is 24.5 Å². The summed E-state index contributed by atoms with van der Waals surface area (Å²) in [7, 11) is 0. The Hall–Kier alpha value is -1.40. The van der Waals surface area contributed by atoms with Crippen LogP contribution in [-0.4, -0.2) is 47.4 Å². The van der Waals surface area contributed by atoms with Crippen LogP contribution >= 0.6 is 0 Å². The molecule has 0 bridgehead atoms. The molecule has 0 aliphatic rings. The van der Waals surface area contributed by atoms with Gasteiger partial charge in [-0.25, -0.2) is 0 Å². The Balaban J connectivity index is 3.40. The zero-order chi connectivity index (χ0) is 55.0. The summed E-state index contributed by atoms with van der Waals surface area (Å²) in [6.07, 6.45) is 81.1. The second kappa shape index (κ2) is 66.1. The summed E-state index contributed by atoms with van der Waals surface area (Å²) >= 11 is 0. The first kappa shape index (κ1) is 74.6. The minimum Gasteiger partial charge on any atom is -0.466 e. The molecule has 76 heavy (non-hydrogen) atoms. The van der Waals surface area contributed by atoms with Gasteiger partial charge in [0.1, 0.15) is 0 Å². The number of nitrogens with one attached hydrogen (secondary N) is 1. The van der Waals surface area contributed by atoms with Gasteiger partial charge in [0.2, 0.25) is 5.91 Å². The molecule has 0 aromatic heterocycles. The molecular weight excluding hydrogens is 935 g/mol. The zero-order valence-electron chi connectivity index (χ0n) is 51.8. The second-order valence-corrected chi connectivity index (χ2v) is 24.2. The van der Waals surface area contributed by atoms with Gasteiger partial charge in [-0.1, -0.05) is 347 Å². The normalized spacial score (nSPS) is 12.5. The molecule has 1 amide bonds. The first-order valence-corrected chi connectivity index (χ1v) is 34.9. The molecule has 0 aliphatic heterocycles. The number of hydrogen-bond acceptors (Lipinski definition) is 5. The van der Waals surface area contributed by atoms with Gasteiger partial charge in [-0.05, 0) is 51.4 Å². The largest absolute Gasteiger partial charge is 0.466 e. The number of unbranched alkanes of at least 4 members (excludes halogenated alkanes) is 53. The number of rotatable bonds is 66. The van der Waals surface area contributed by atoms with Crippen molar-refractivity contribution >= 4 is 11.9 Å². The maximum atomic E-state index is 12.5. The Kier molecular flexibility index (Phi) is 64.9. The van der Waals surface area contributed by atoms with Gasteiger partial charge >= 0.3 is 5.97 Å². The van der Waals surface area contributed by atoms with Crippen molar-refractivity contribution in [3.8, 4) is 0 Å². The Labute approximate surface area is 476 Å². The molecule has 452 valence electrons. The third-order valence-corrected chi connectivity index (χ3v) is 16.6. The van der Waals surface area contributed by atoms with E-state index in [4.69, 9.17) is 4.74 Å². The van der Waals surface area contributed by atoms with Crippen LogP contribution < -0.4 is 5.32 Å². The van der Waals surface area contributed by atoms with E-state index in [0.29, 0.717) is 25.9 Å². The molecule has 0 saturated heterocycles. The van der Waals surface area contributed by atoms with Gasteiger partial charge in [0.15, 0.2) is 0 Å². The van der Waals surface area contributed by atoms with E-state index < -0.39 is 12.1 Å². The van der Waals surface area contributed by atoms with Gasteiger partial charge in [0, 0.05) is 12.8 Å². The van der Waals surface area contributed by atoms with Crippen molar-refractivity contribution in [3.63, 3.8) is 0 Å². The Morgan fingerprint density at radius 1 is 0.355 bits per heavy atom. The Morgan fingerprint density at radius 2 is 0.618 bits per heavy atom. The topological polar surface area (TPSA) is 95.9 Å². The maximum Gasteiger partial charge on any atom is 0.305 e. The molecule has 3 N–H and O–H groups in total. The highest BCUT2D eigenvalue weighted by molar-refractivity contribution is 5.76. The fourth-order valence-corrected chi connectivity index (χ4v) is 11.2. The van der Waals surface area contributed by atoms with Crippen LogP contribution in [0.5, 0.6) is 0 Å². The third kappa shape index (κ3) is 61.8. The number of aliphatic hydroxyl groups is 2. The number of aliphatic hydroxyl groups excluding tert-OH is 2. The molecule has 0 fully saturated rings. The summed E-state index contributed by atoms with van der Waals surface area (Å²) in [5.41, 5.74) is 0. The lowest BCUT2D eigenvalue weighted by molar-refractivity contribution is -0.143. The van der Waals surface area contributed by atoms with Crippen molar-refractivity contribution in [2.75, 3.05) is 13.2 Å². The van der Waals surface area contributed by atoms with Gasteiger partial charge in [-0.2, -0.15) is 0 Å². The van der Waals surface area contributed by atoms with Crippen molar-refractivity contribution in [2.24, 2.45) is 0 Å². The summed E-state index contributed by atoms with van der Waals surface area (Å²) in [4.78, 5) is 24.6. The summed E-state index contributed by atoms with van der Waals surface area (Å²) in [6.45, 7) is 4.99. The molecule has 0 aromatic carbocycles. The van der Waals surface area contributed by atoms with E-state index >= 15 is 0 Å². The summed E-state index contributed by atoms with van der Waals surface area (Å²) in [5.74, 6) is -0.0235. The second-order valence-electron chi connectivity index (χ2n) is 24.2. The summed E-state index contributed by atoms with van der Waals surface area (Å²) in [6, 6.07) is -0.547. The average molecular weight is 1070 g/mol. The highest BCUT2D eigenvalue weighted by Crippen LogP contribution is 2.19. The zero-order valence-corrected chi connectivity index (χ0v) is 51.8. The van der Waals surface area contributed by atoms with Gasteiger partial charge in [0.05, 0.1) is 25.4 Å². The van der Waals surface area contributed by atoms with Crippen molar-refractivity contribution in [3.05, 3.63) is 12.2 Å². The Morgan fingerprint density at radius 3 is 0.934 bits per heavy atom. The predicted octanol–water partition coefficient (Wildman–Crippen LogP) is 22.4. The van der Waals surface area contributed by atoms with Crippen molar-refractivity contribution in [1.82, 2.24) is 5.32 Å². The number of carbonyl (C=O) groups is 2. The van der Waals surface area contributed by atoms with E-state index in [1.54, 1.807) is 0 Å². The van der Waals surface area contributed by atoms with Crippen LogP contribution in [0.4, 0.5) is 0 Å². The number of amides is 1. The van der Waals surface area contributed by atoms with Crippen LogP contribution in [0.15, 0.2) is 12.2 Å². The standard InChI is InChI=1S/C70H137NO5/c1-3-5-7-9-11-13-15-17-19-20-21-22-23-26-29-32-35-38-42-46-50-54-58-62-68(73)67(66-72)71-69(74)63-59-55-51-47-43-39-36-33-30-27-24-25-28-31-34-37-41-45-49-53-57-61-65-76-70(75)64-60-56-52-48-44-40-18-16-14-12-10-8-6-4-2/h27,30,67-68,72-73H,3-26,28-29,31-66H2,1-2H3,(H,71,74)/b30-27-. The fraction of sp³-hybridized carbons (Fsp3) is 0.943. The van der Waals surface area contributed by atoms with E-state index in [9.17, 15) is 19.8 Å². The number of ether oxygens (including phenoxy) is 1. The van der Waals surface area contributed by atoms with Gasteiger partial charge in [-0.15, -0.1) is 0 Å². The van der Waals surface area contributed by atoms with E-state index in [1.807, 2.05) is 0 Å². The first-order chi connectivity index (χ1) is 37.5. The molecule has 2 atom stereocenters. The first-order valence-electron chi connectivity index (χ1n) is 34.9. The monoisotopic (exact) mass is 1070 g/mol. The van der Waals surface area contributed by atoms with E-state index in [2.05, 4.69) is 31.3 Å². The lowest BCUT2D eigenvalue weighted by atomic mass is 10.0. The SMILES string of the molecule is CCCCCCCCCCCCCCCCCCCCCCCCCC(O)C(CO)NC(=O)CCCCCCCCC/C=C\CCCCCCCCCCCCCOC(=O)CCCCCCCCCCCCCCCC.